The Morgan fingerprint density at radius 3 is 2.21 bits per heavy atom. The van der Waals surface area contributed by atoms with Crippen LogP contribution in [0.1, 0.15) is 25.0 Å². The molecule has 1 unspecified atom stereocenters. The van der Waals surface area contributed by atoms with Gasteiger partial charge >= 0.3 is 0 Å². The Balaban J connectivity index is 2.03. The summed E-state index contributed by atoms with van der Waals surface area (Å²) >= 11 is 0. The van der Waals surface area contributed by atoms with Gasteiger partial charge in [-0.15, -0.1) is 0 Å². The van der Waals surface area contributed by atoms with Crippen molar-refractivity contribution >= 4 is 27.5 Å². The summed E-state index contributed by atoms with van der Waals surface area (Å²) < 4.78 is 34.6. The summed E-state index contributed by atoms with van der Waals surface area (Å²) in [4.78, 5) is 27.8. The van der Waals surface area contributed by atoms with Gasteiger partial charge in [-0.25, -0.2) is 8.42 Å². The SMILES string of the molecule is CCOc1ccccc1N(CC(=O)N(CCc1ccccc1)C(C)C(=O)NC)S(=O)(=O)c1ccc(C)cc1. The number of anilines is 1. The van der Waals surface area contributed by atoms with Crippen molar-refractivity contribution in [2.45, 2.75) is 38.1 Å². The first-order chi connectivity index (χ1) is 18.2. The molecule has 0 saturated heterocycles. The molecule has 202 valence electrons. The maximum atomic E-state index is 13.9. The quantitative estimate of drug-likeness (QED) is 0.379. The van der Waals surface area contributed by atoms with Crippen LogP contribution in [0.25, 0.3) is 0 Å². The second-order valence-electron chi connectivity index (χ2n) is 8.84. The second kappa shape index (κ2) is 13.1. The molecule has 38 heavy (non-hydrogen) atoms. The van der Waals surface area contributed by atoms with E-state index in [4.69, 9.17) is 4.74 Å². The van der Waals surface area contributed by atoms with Crippen LogP contribution in [-0.2, 0) is 26.0 Å². The molecule has 0 aliphatic rings. The summed E-state index contributed by atoms with van der Waals surface area (Å²) in [6.07, 6.45) is 0.508. The molecule has 3 aromatic carbocycles. The summed E-state index contributed by atoms with van der Waals surface area (Å²) in [5, 5.41) is 2.59. The molecule has 0 bridgehead atoms. The van der Waals surface area contributed by atoms with Gasteiger partial charge in [0.05, 0.1) is 17.2 Å². The van der Waals surface area contributed by atoms with Crippen LogP contribution in [0.3, 0.4) is 0 Å². The van der Waals surface area contributed by atoms with E-state index in [1.54, 1.807) is 50.2 Å². The van der Waals surface area contributed by atoms with Crippen LogP contribution >= 0.6 is 0 Å². The van der Waals surface area contributed by atoms with Crippen molar-refractivity contribution < 1.29 is 22.7 Å². The third kappa shape index (κ3) is 6.92. The molecule has 3 rings (SSSR count). The van der Waals surface area contributed by atoms with Crippen molar-refractivity contribution in [3.05, 3.63) is 90.0 Å². The van der Waals surface area contributed by atoms with E-state index in [1.807, 2.05) is 37.3 Å². The molecule has 0 heterocycles. The number of amides is 2. The van der Waals surface area contributed by atoms with Crippen LogP contribution in [0.2, 0.25) is 0 Å². The first-order valence-electron chi connectivity index (χ1n) is 12.5. The number of ether oxygens (including phenoxy) is 1. The molecule has 9 heteroatoms. The van der Waals surface area contributed by atoms with Crippen molar-refractivity contribution in [2.24, 2.45) is 0 Å². The first kappa shape index (κ1) is 28.7. The van der Waals surface area contributed by atoms with Crippen molar-refractivity contribution in [1.82, 2.24) is 10.2 Å². The van der Waals surface area contributed by atoms with Crippen molar-refractivity contribution in [3.63, 3.8) is 0 Å². The highest BCUT2D eigenvalue weighted by Gasteiger charge is 2.33. The summed E-state index contributed by atoms with van der Waals surface area (Å²) in [6.45, 7) is 5.36. The number of aryl methyl sites for hydroxylation is 1. The third-order valence-corrected chi connectivity index (χ3v) is 7.99. The summed E-state index contributed by atoms with van der Waals surface area (Å²) in [6, 6.07) is 22.0. The molecule has 2 amide bonds. The maximum absolute atomic E-state index is 13.9. The highest BCUT2D eigenvalue weighted by molar-refractivity contribution is 7.92. The van der Waals surface area contributed by atoms with Crippen LogP contribution in [0.15, 0.2) is 83.8 Å². The second-order valence-corrected chi connectivity index (χ2v) is 10.7. The number of sulfonamides is 1. The van der Waals surface area contributed by atoms with E-state index < -0.39 is 28.5 Å². The lowest BCUT2D eigenvalue weighted by atomic mass is 10.1. The van der Waals surface area contributed by atoms with Gasteiger partial charge in [0.2, 0.25) is 11.8 Å². The zero-order chi connectivity index (χ0) is 27.7. The van der Waals surface area contributed by atoms with Gasteiger partial charge in [-0.3, -0.25) is 13.9 Å². The number of carbonyl (C=O) groups is 2. The number of carbonyl (C=O) groups excluding carboxylic acids is 2. The Labute approximate surface area is 225 Å². The average Bonchev–Trinajstić information content (AvgIpc) is 2.92. The predicted octanol–water partition coefficient (Wildman–Crippen LogP) is 3.79. The molecular weight excluding hydrogens is 502 g/mol. The summed E-state index contributed by atoms with van der Waals surface area (Å²) in [5.41, 5.74) is 2.16. The van der Waals surface area contributed by atoms with Crippen LogP contribution in [0, 0.1) is 6.92 Å². The zero-order valence-corrected chi connectivity index (χ0v) is 23.1. The Morgan fingerprint density at radius 2 is 1.58 bits per heavy atom. The number of benzene rings is 3. The van der Waals surface area contributed by atoms with Crippen LogP contribution < -0.4 is 14.4 Å². The predicted molar refractivity (Wildman–Crippen MR) is 149 cm³/mol. The molecule has 1 N–H and O–H groups in total. The summed E-state index contributed by atoms with van der Waals surface area (Å²) in [5.74, 6) is -0.498. The van der Waals surface area contributed by atoms with Crippen molar-refractivity contribution in [2.75, 3.05) is 31.0 Å². The average molecular weight is 538 g/mol. The molecule has 0 radical (unpaired) electrons. The lowest BCUT2D eigenvalue weighted by Crippen LogP contribution is -2.51. The number of nitrogens with zero attached hydrogens (tertiary/aromatic N) is 2. The molecular formula is C29H35N3O5S. The minimum atomic E-state index is -4.15. The number of hydrogen-bond acceptors (Lipinski definition) is 5. The lowest BCUT2D eigenvalue weighted by molar-refractivity contribution is -0.138. The Bertz CT molecular complexity index is 1330. The fraction of sp³-hybridized carbons (Fsp3) is 0.310. The first-order valence-corrected chi connectivity index (χ1v) is 14.0. The Morgan fingerprint density at radius 1 is 0.947 bits per heavy atom. The molecule has 0 saturated carbocycles. The van der Waals surface area contributed by atoms with Crippen LogP contribution in [0.4, 0.5) is 5.69 Å². The molecule has 0 spiro atoms. The molecule has 0 aliphatic carbocycles. The van der Waals surface area contributed by atoms with E-state index >= 15 is 0 Å². The molecule has 0 fully saturated rings. The zero-order valence-electron chi connectivity index (χ0n) is 22.3. The van der Waals surface area contributed by atoms with Gasteiger partial charge in [0.1, 0.15) is 18.3 Å². The third-order valence-electron chi connectivity index (χ3n) is 6.22. The summed E-state index contributed by atoms with van der Waals surface area (Å²) in [7, 11) is -2.65. The largest absolute Gasteiger partial charge is 0.492 e. The van der Waals surface area contributed by atoms with Gasteiger partial charge in [-0.2, -0.15) is 0 Å². The van der Waals surface area contributed by atoms with E-state index in [1.165, 1.54) is 24.1 Å². The number of para-hydroxylation sites is 2. The molecule has 0 aliphatic heterocycles. The fourth-order valence-electron chi connectivity index (χ4n) is 4.07. The fourth-order valence-corrected chi connectivity index (χ4v) is 5.50. The lowest BCUT2D eigenvalue weighted by Gasteiger charge is -2.32. The molecule has 0 aromatic heterocycles. The monoisotopic (exact) mass is 537 g/mol. The normalized spacial score (nSPS) is 11.9. The van der Waals surface area contributed by atoms with Crippen molar-refractivity contribution in [3.8, 4) is 5.75 Å². The van der Waals surface area contributed by atoms with Gasteiger partial charge in [0, 0.05) is 13.6 Å². The van der Waals surface area contributed by atoms with Crippen LogP contribution in [-0.4, -0.2) is 57.9 Å². The molecule has 8 nitrogen and oxygen atoms in total. The minimum absolute atomic E-state index is 0.0531. The molecule has 3 aromatic rings. The van der Waals surface area contributed by atoms with Gasteiger partial charge in [0.15, 0.2) is 0 Å². The van der Waals surface area contributed by atoms with Gasteiger partial charge < -0.3 is 15.0 Å². The number of likely N-dealkylation sites (N-methyl/N-ethyl adjacent to an activating group) is 1. The highest BCUT2D eigenvalue weighted by Crippen LogP contribution is 2.32. The standard InChI is InChI=1S/C29H35N3O5S/c1-5-37-27-14-10-9-13-26(27)32(38(35,36)25-17-15-22(2)16-18-25)21-28(33)31(23(3)29(34)30-4)20-19-24-11-7-6-8-12-24/h6-18,23H,5,19-21H2,1-4H3,(H,30,34). The van der Waals surface area contributed by atoms with E-state index in [0.717, 1.165) is 15.4 Å². The minimum Gasteiger partial charge on any atom is -0.492 e. The smallest absolute Gasteiger partial charge is 0.264 e. The Kier molecular flexibility index (Phi) is 9.90. The highest BCUT2D eigenvalue weighted by atomic mass is 32.2. The van der Waals surface area contributed by atoms with Gasteiger partial charge in [-0.05, 0) is 57.0 Å². The topological polar surface area (TPSA) is 96.0 Å². The van der Waals surface area contributed by atoms with Crippen molar-refractivity contribution in [1.29, 1.82) is 0 Å². The number of nitrogens with one attached hydrogen (secondary N) is 1. The molecule has 1 atom stereocenters. The van der Waals surface area contributed by atoms with E-state index in [0.29, 0.717) is 18.8 Å². The number of rotatable bonds is 12. The van der Waals surface area contributed by atoms with Crippen LogP contribution in [0.5, 0.6) is 5.75 Å². The van der Waals surface area contributed by atoms with E-state index in [-0.39, 0.29) is 23.0 Å². The van der Waals surface area contributed by atoms with E-state index in [9.17, 15) is 18.0 Å². The Hall–Kier alpha value is -3.85. The van der Waals surface area contributed by atoms with Gasteiger partial charge in [0.25, 0.3) is 10.0 Å². The maximum Gasteiger partial charge on any atom is 0.264 e. The number of hydrogen-bond donors (Lipinski definition) is 1. The van der Waals surface area contributed by atoms with Gasteiger partial charge in [-0.1, -0.05) is 60.2 Å². The van der Waals surface area contributed by atoms with E-state index in [2.05, 4.69) is 5.32 Å².